The van der Waals surface area contributed by atoms with Crippen LogP contribution in [0.1, 0.15) is 17.3 Å². The highest BCUT2D eigenvalue weighted by Crippen LogP contribution is 2.23. The van der Waals surface area contributed by atoms with Crippen LogP contribution in [0.25, 0.3) is 11.3 Å². The van der Waals surface area contributed by atoms with Gasteiger partial charge in [0.1, 0.15) is 24.2 Å². The Morgan fingerprint density at radius 3 is 2.56 bits per heavy atom. The van der Waals surface area contributed by atoms with Gasteiger partial charge in [-0.3, -0.25) is 10.5 Å². The number of halogens is 2. The zero-order valence-corrected chi connectivity index (χ0v) is 18.3. The number of aromatic nitrogens is 2. The Hall–Kier alpha value is -2.12. The standard InChI is InChI=1S/C20H20BrN3O2.BrH/c1-3-26-17-9-7-14(8-10-17)18-12-24(20(22)23(18)2)13-19(25)15-5-4-6-16(21)11-15;/h4-12,22H,3,13H2,1-2H3;1H. The smallest absolute Gasteiger partial charge is 0.355 e. The van der Waals surface area contributed by atoms with Gasteiger partial charge in [0, 0.05) is 15.6 Å². The number of ketones is 1. The summed E-state index contributed by atoms with van der Waals surface area (Å²) in [5.41, 5.74) is 8.81. The van der Waals surface area contributed by atoms with E-state index in [1.165, 1.54) is 0 Å². The molecule has 2 aromatic carbocycles. The second-order valence-electron chi connectivity index (χ2n) is 5.95. The summed E-state index contributed by atoms with van der Waals surface area (Å²) in [7, 11) is 1.89. The molecular formula is C20H21Br2N3O2. The van der Waals surface area contributed by atoms with Gasteiger partial charge in [-0.05, 0) is 43.3 Å². The van der Waals surface area contributed by atoms with Crippen LogP contribution < -0.4 is 32.0 Å². The monoisotopic (exact) mass is 493 g/mol. The zero-order valence-electron chi connectivity index (χ0n) is 15.2. The van der Waals surface area contributed by atoms with Crippen LogP contribution in [0.4, 0.5) is 5.95 Å². The van der Waals surface area contributed by atoms with E-state index < -0.39 is 0 Å². The number of nitrogens with two attached hydrogens (primary N) is 1. The van der Waals surface area contributed by atoms with Crippen molar-refractivity contribution in [1.29, 1.82) is 0 Å². The van der Waals surface area contributed by atoms with Crippen LogP contribution >= 0.6 is 15.9 Å². The van der Waals surface area contributed by atoms with Crippen molar-refractivity contribution in [2.45, 2.75) is 13.5 Å². The van der Waals surface area contributed by atoms with Crippen molar-refractivity contribution < 1.29 is 31.1 Å². The molecule has 0 saturated heterocycles. The number of Topliss-reactive ketones (excluding diaryl/α,β-unsaturated/α-hetero) is 1. The molecule has 7 heteroatoms. The number of ether oxygens (including phenoxy) is 1. The maximum Gasteiger partial charge on any atom is 0.355 e. The van der Waals surface area contributed by atoms with E-state index in [2.05, 4.69) is 15.9 Å². The predicted octanol–water partition coefficient (Wildman–Crippen LogP) is 0.610. The number of anilines is 1. The summed E-state index contributed by atoms with van der Waals surface area (Å²) in [6.07, 6.45) is 1.90. The normalized spacial score (nSPS) is 10.3. The quantitative estimate of drug-likeness (QED) is 0.403. The first-order valence-corrected chi connectivity index (χ1v) is 9.15. The molecule has 1 aromatic heterocycles. The van der Waals surface area contributed by atoms with Crippen molar-refractivity contribution >= 4 is 27.7 Å². The van der Waals surface area contributed by atoms with Gasteiger partial charge in [0.05, 0.1) is 13.7 Å². The molecule has 0 spiro atoms. The molecule has 0 bridgehead atoms. The summed E-state index contributed by atoms with van der Waals surface area (Å²) >= 11 is 3.40. The lowest BCUT2D eigenvalue weighted by molar-refractivity contribution is -0.667. The van der Waals surface area contributed by atoms with Crippen LogP contribution in [-0.2, 0) is 13.6 Å². The molecule has 5 nitrogen and oxygen atoms in total. The Labute approximate surface area is 177 Å². The van der Waals surface area contributed by atoms with Crippen molar-refractivity contribution in [2.75, 3.05) is 12.3 Å². The highest BCUT2D eigenvalue weighted by atomic mass is 79.9. The van der Waals surface area contributed by atoms with Gasteiger partial charge >= 0.3 is 5.95 Å². The van der Waals surface area contributed by atoms with Crippen molar-refractivity contribution in [3.05, 3.63) is 64.8 Å². The summed E-state index contributed by atoms with van der Waals surface area (Å²) < 4.78 is 10.0. The predicted molar refractivity (Wildman–Crippen MR) is 105 cm³/mol. The molecule has 2 N–H and O–H groups in total. The molecule has 0 saturated carbocycles. The molecule has 0 aliphatic heterocycles. The maximum atomic E-state index is 12.6. The van der Waals surface area contributed by atoms with Crippen LogP contribution in [0, 0.1) is 0 Å². The molecule has 0 radical (unpaired) electrons. The highest BCUT2D eigenvalue weighted by molar-refractivity contribution is 9.10. The molecule has 3 rings (SSSR count). The number of carbonyl (C=O) groups is 1. The lowest BCUT2D eigenvalue weighted by Gasteiger charge is -2.03. The second kappa shape index (κ2) is 9.19. The SMILES string of the molecule is CCOc1ccc(-c2c[n+](CC(=O)c3cccc(Br)c3)c(N)n2C)cc1.[Br-]. The van der Waals surface area contributed by atoms with Gasteiger partial charge in [-0.25, -0.2) is 9.13 Å². The Morgan fingerprint density at radius 2 is 1.93 bits per heavy atom. The summed E-state index contributed by atoms with van der Waals surface area (Å²) in [5, 5.41) is 0. The lowest BCUT2D eigenvalue weighted by atomic mass is 10.1. The van der Waals surface area contributed by atoms with E-state index in [0.717, 1.165) is 21.5 Å². The fourth-order valence-electron chi connectivity index (χ4n) is 2.81. The van der Waals surface area contributed by atoms with Crippen molar-refractivity contribution in [2.24, 2.45) is 7.05 Å². The molecule has 27 heavy (non-hydrogen) atoms. The number of carbonyl (C=O) groups excluding carboxylic acids is 1. The largest absolute Gasteiger partial charge is 1.00 e. The van der Waals surface area contributed by atoms with E-state index in [4.69, 9.17) is 10.5 Å². The van der Waals surface area contributed by atoms with E-state index in [1.807, 2.05) is 67.2 Å². The van der Waals surface area contributed by atoms with Gasteiger partial charge in [0.25, 0.3) is 0 Å². The van der Waals surface area contributed by atoms with Gasteiger partial charge in [-0.15, -0.1) is 0 Å². The van der Waals surface area contributed by atoms with E-state index in [0.29, 0.717) is 18.1 Å². The molecular weight excluding hydrogens is 474 g/mol. The van der Waals surface area contributed by atoms with Crippen molar-refractivity contribution in [3.8, 4) is 17.0 Å². The maximum absolute atomic E-state index is 12.6. The van der Waals surface area contributed by atoms with E-state index in [1.54, 1.807) is 10.6 Å². The fourth-order valence-corrected chi connectivity index (χ4v) is 3.21. The minimum absolute atomic E-state index is 0. The van der Waals surface area contributed by atoms with Crippen LogP contribution in [0.3, 0.4) is 0 Å². The number of rotatable bonds is 6. The third kappa shape index (κ3) is 4.78. The number of hydrogen-bond acceptors (Lipinski definition) is 3. The summed E-state index contributed by atoms with van der Waals surface area (Å²) in [6, 6.07) is 15.2. The van der Waals surface area contributed by atoms with Gasteiger partial charge in [0.2, 0.25) is 0 Å². The minimum atomic E-state index is 0. The van der Waals surface area contributed by atoms with Gasteiger partial charge in [0.15, 0.2) is 5.78 Å². The van der Waals surface area contributed by atoms with Crippen molar-refractivity contribution in [3.63, 3.8) is 0 Å². The molecule has 3 aromatic rings. The number of benzene rings is 2. The van der Waals surface area contributed by atoms with E-state index >= 15 is 0 Å². The van der Waals surface area contributed by atoms with Gasteiger partial charge < -0.3 is 21.7 Å². The minimum Gasteiger partial charge on any atom is -1.00 e. The number of nitrogen functional groups attached to an aromatic ring is 1. The summed E-state index contributed by atoms with van der Waals surface area (Å²) in [4.78, 5) is 12.6. The molecule has 0 fully saturated rings. The first-order chi connectivity index (χ1) is 12.5. The highest BCUT2D eigenvalue weighted by Gasteiger charge is 2.20. The van der Waals surface area contributed by atoms with E-state index in [9.17, 15) is 4.79 Å². The molecule has 0 unspecified atom stereocenters. The summed E-state index contributed by atoms with van der Waals surface area (Å²) in [6.45, 7) is 2.78. The molecule has 0 atom stereocenters. The lowest BCUT2D eigenvalue weighted by Crippen LogP contribution is -3.00. The average molecular weight is 495 g/mol. The van der Waals surface area contributed by atoms with E-state index in [-0.39, 0.29) is 29.3 Å². The van der Waals surface area contributed by atoms with Gasteiger partial charge in [-0.2, -0.15) is 0 Å². The van der Waals surface area contributed by atoms with Crippen LogP contribution in [-0.4, -0.2) is 17.0 Å². The third-order valence-electron chi connectivity index (χ3n) is 4.20. The molecule has 0 amide bonds. The number of imidazole rings is 1. The topological polar surface area (TPSA) is 61.1 Å². The zero-order chi connectivity index (χ0) is 18.7. The molecule has 0 aliphatic rings. The molecule has 142 valence electrons. The average Bonchev–Trinajstić information content (AvgIpc) is 2.91. The second-order valence-corrected chi connectivity index (χ2v) is 6.87. The number of hydrogen-bond donors (Lipinski definition) is 1. The number of nitrogens with zero attached hydrogens (tertiary/aromatic N) is 2. The first-order valence-electron chi connectivity index (χ1n) is 8.36. The Balaban J connectivity index is 0.00000261. The van der Waals surface area contributed by atoms with Crippen LogP contribution in [0.5, 0.6) is 5.75 Å². The third-order valence-corrected chi connectivity index (χ3v) is 4.69. The van der Waals surface area contributed by atoms with Crippen LogP contribution in [0.15, 0.2) is 59.2 Å². The Morgan fingerprint density at radius 1 is 1.22 bits per heavy atom. The van der Waals surface area contributed by atoms with Crippen LogP contribution in [0.2, 0.25) is 0 Å². The Bertz CT molecular complexity index is 937. The first kappa shape index (κ1) is 21.2. The summed E-state index contributed by atoms with van der Waals surface area (Å²) in [5.74, 6) is 1.36. The molecule has 0 aliphatic carbocycles. The molecule has 1 heterocycles. The van der Waals surface area contributed by atoms with Crippen molar-refractivity contribution in [1.82, 2.24) is 4.57 Å². The van der Waals surface area contributed by atoms with Gasteiger partial charge in [-0.1, -0.05) is 28.1 Å². The Kier molecular flexibility index (Phi) is 7.21. The fraction of sp³-hybridized carbons (Fsp3) is 0.200.